The van der Waals surface area contributed by atoms with Gasteiger partial charge in [0.05, 0.1) is 0 Å². The van der Waals surface area contributed by atoms with E-state index < -0.39 is 0 Å². The third-order valence-corrected chi connectivity index (χ3v) is 3.25. The minimum absolute atomic E-state index is 0.151. The maximum absolute atomic E-state index is 13.7. The molecule has 17 heavy (non-hydrogen) atoms. The van der Waals surface area contributed by atoms with E-state index in [0.29, 0.717) is 12.7 Å². The number of benzene rings is 2. The second-order valence-corrected chi connectivity index (χ2v) is 4.76. The molecule has 0 saturated heterocycles. The molecule has 84 valence electrons. The van der Waals surface area contributed by atoms with Crippen LogP contribution in [0.15, 0.2) is 36.4 Å². The molecule has 0 aliphatic rings. The predicted molar refractivity (Wildman–Crippen MR) is 77.2 cm³/mol. The van der Waals surface area contributed by atoms with Crippen LogP contribution in [0.5, 0.6) is 0 Å². The molecule has 0 aliphatic heterocycles. The topological polar surface area (TPSA) is 0 Å². The van der Waals surface area contributed by atoms with Gasteiger partial charge in [-0.15, -0.1) is 0 Å². The van der Waals surface area contributed by atoms with Crippen LogP contribution in [-0.4, -0.2) is 15.1 Å². The Bertz CT molecular complexity index is 555. The lowest BCUT2D eigenvalue weighted by Crippen LogP contribution is -2.30. The summed E-state index contributed by atoms with van der Waals surface area (Å²) in [7, 11) is 2.46. The highest BCUT2D eigenvalue weighted by Gasteiger charge is 2.06. The van der Waals surface area contributed by atoms with Crippen molar-refractivity contribution in [3.63, 3.8) is 0 Å². The maximum atomic E-state index is 13.7. The number of hydrogen-bond donors (Lipinski definition) is 0. The summed E-state index contributed by atoms with van der Waals surface area (Å²) in [6.45, 7) is 1.96. The van der Waals surface area contributed by atoms with Gasteiger partial charge in [-0.2, -0.15) is 0 Å². The van der Waals surface area contributed by atoms with Crippen LogP contribution in [0.2, 0.25) is 5.02 Å². The Morgan fingerprint density at radius 1 is 1.18 bits per heavy atom. The molecule has 0 spiro atoms. The summed E-state index contributed by atoms with van der Waals surface area (Å²) in [6, 6.07) is 11.2. The molecule has 2 rings (SSSR count). The monoisotopic (exact) mass is 244 g/mol. The van der Waals surface area contributed by atoms with Crippen LogP contribution < -0.4 is 16.4 Å². The summed E-state index contributed by atoms with van der Waals surface area (Å²) in [4.78, 5) is 0. The lowest BCUT2D eigenvalue weighted by atomic mass is 9.63. The normalized spacial score (nSPS) is 10.3. The quantitative estimate of drug-likeness (QED) is 0.672. The molecule has 4 heteroatoms. The van der Waals surface area contributed by atoms with Crippen LogP contribution in [0.1, 0.15) is 5.56 Å². The summed E-state index contributed by atoms with van der Waals surface area (Å²) < 4.78 is 13.7. The molecule has 0 nitrogen and oxygen atoms in total. The molecule has 0 fully saturated rings. The first-order valence-corrected chi connectivity index (χ1v) is 5.94. The van der Waals surface area contributed by atoms with Crippen LogP contribution in [0.25, 0.3) is 0 Å². The summed E-state index contributed by atoms with van der Waals surface area (Å²) in [5.41, 5.74) is 3.71. The van der Waals surface area contributed by atoms with Crippen molar-refractivity contribution in [2.45, 2.75) is 6.92 Å². The SMILES string of the molecule is Bc1ccc(Bc2ccc(C)c(Cl)c2)c(F)c1. The largest absolute Gasteiger partial charge is 0.208 e. The minimum atomic E-state index is -0.151. The van der Waals surface area contributed by atoms with Crippen LogP contribution in [0.3, 0.4) is 0 Å². The molecule has 0 amide bonds. The third-order valence-electron chi connectivity index (χ3n) is 2.84. The average Bonchev–Trinajstić information content (AvgIpc) is 2.27. The van der Waals surface area contributed by atoms with E-state index in [0.717, 1.165) is 21.5 Å². The molecule has 0 bridgehead atoms. The second-order valence-electron chi connectivity index (χ2n) is 4.36. The van der Waals surface area contributed by atoms with Gasteiger partial charge in [0.15, 0.2) is 7.28 Å². The molecule has 0 aromatic heterocycles. The van der Waals surface area contributed by atoms with Gasteiger partial charge in [0, 0.05) is 5.02 Å². The molecule has 0 unspecified atom stereocenters. The highest BCUT2D eigenvalue weighted by atomic mass is 35.5. The van der Waals surface area contributed by atoms with E-state index in [-0.39, 0.29) is 5.82 Å². The number of aryl methyl sites for hydroxylation is 1. The standard InChI is InChI=1S/C13H12B2ClF/c1-8-2-4-10(7-12(8)16)15-11-5-3-9(14)6-13(11)17/h2-7,15H,14H2,1H3. The molecule has 2 aromatic rings. The van der Waals surface area contributed by atoms with Crippen LogP contribution >= 0.6 is 11.6 Å². The molecule has 0 radical (unpaired) electrons. The summed E-state index contributed by atoms with van der Waals surface area (Å²) in [6.07, 6.45) is 0. The summed E-state index contributed by atoms with van der Waals surface area (Å²) in [5.74, 6) is -0.151. The first-order chi connectivity index (χ1) is 8.06. The van der Waals surface area contributed by atoms with Gasteiger partial charge in [-0.05, 0) is 30.1 Å². The lowest BCUT2D eigenvalue weighted by Gasteiger charge is -2.05. The smallest absolute Gasteiger partial charge is 0.196 e. The fraction of sp³-hybridized carbons (Fsp3) is 0.0769. The molecule has 0 heterocycles. The van der Waals surface area contributed by atoms with Gasteiger partial charge < -0.3 is 0 Å². The Labute approximate surface area is 107 Å². The lowest BCUT2D eigenvalue weighted by molar-refractivity contribution is 0.637. The Morgan fingerprint density at radius 3 is 2.59 bits per heavy atom. The van der Waals surface area contributed by atoms with Gasteiger partial charge in [-0.1, -0.05) is 46.8 Å². The Morgan fingerprint density at radius 2 is 1.94 bits per heavy atom. The molecular weight excluding hydrogens is 232 g/mol. The fourth-order valence-corrected chi connectivity index (χ4v) is 1.97. The van der Waals surface area contributed by atoms with Gasteiger partial charge in [0.1, 0.15) is 13.7 Å². The third kappa shape index (κ3) is 2.92. The Kier molecular flexibility index (Phi) is 3.58. The zero-order valence-corrected chi connectivity index (χ0v) is 10.7. The van der Waals surface area contributed by atoms with E-state index in [1.165, 1.54) is 0 Å². The van der Waals surface area contributed by atoms with E-state index >= 15 is 0 Å². The van der Waals surface area contributed by atoms with Gasteiger partial charge in [-0.3, -0.25) is 0 Å². The number of hydrogen-bond acceptors (Lipinski definition) is 0. The van der Waals surface area contributed by atoms with Gasteiger partial charge in [0.2, 0.25) is 0 Å². The zero-order valence-electron chi connectivity index (χ0n) is 9.93. The van der Waals surface area contributed by atoms with Crippen molar-refractivity contribution in [3.8, 4) is 0 Å². The minimum Gasteiger partial charge on any atom is -0.208 e. The molecule has 0 atom stereocenters. The van der Waals surface area contributed by atoms with Crippen molar-refractivity contribution in [3.05, 3.63) is 52.8 Å². The van der Waals surface area contributed by atoms with Crippen molar-refractivity contribution in [1.29, 1.82) is 0 Å². The highest BCUT2D eigenvalue weighted by molar-refractivity contribution is 6.67. The number of rotatable bonds is 2. The van der Waals surface area contributed by atoms with E-state index in [1.807, 2.05) is 45.1 Å². The molecule has 2 aromatic carbocycles. The second kappa shape index (κ2) is 4.97. The van der Waals surface area contributed by atoms with Gasteiger partial charge in [-0.25, -0.2) is 4.39 Å². The average molecular weight is 244 g/mol. The number of halogens is 2. The summed E-state index contributed by atoms with van der Waals surface area (Å²) in [5, 5.41) is 0.731. The van der Waals surface area contributed by atoms with Crippen LogP contribution in [-0.2, 0) is 0 Å². The Balaban J connectivity index is 2.28. The van der Waals surface area contributed by atoms with Crippen molar-refractivity contribution >= 4 is 43.1 Å². The molecular formula is C13H12B2ClF. The van der Waals surface area contributed by atoms with E-state index in [9.17, 15) is 4.39 Å². The first-order valence-electron chi connectivity index (χ1n) is 5.56. The predicted octanol–water partition coefficient (Wildman–Crippen LogP) is 0.433. The van der Waals surface area contributed by atoms with Crippen LogP contribution in [0, 0.1) is 12.7 Å². The Hall–Kier alpha value is -1.21. The van der Waals surface area contributed by atoms with E-state index in [4.69, 9.17) is 11.6 Å². The van der Waals surface area contributed by atoms with E-state index in [2.05, 4.69) is 0 Å². The maximum Gasteiger partial charge on any atom is 0.196 e. The molecule has 0 N–H and O–H groups in total. The van der Waals surface area contributed by atoms with Crippen molar-refractivity contribution < 1.29 is 4.39 Å². The molecule has 0 saturated carbocycles. The van der Waals surface area contributed by atoms with Gasteiger partial charge >= 0.3 is 0 Å². The van der Waals surface area contributed by atoms with Crippen molar-refractivity contribution in [2.75, 3.05) is 0 Å². The summed E-state index contributed by atoms with van der Waals surface area (Å²) >= 11 is 6.05. The zero-order chi connectivity index (χ0) is 12.4. The first kappa shape index (κ1) is 12.3. The van der Waals surface area contributed by atoms with Gasteiger partial charge in [0.25, 0.3) is 0 Å². The van der Waals surface area contributed by atoms with Crippen molar-refractivity contribution in [1.82, 2.24) is 0 Å². The highest BCUT2D eigenvalue weighted by Crippen LogP contribution is 2.11. The van der Waals surface area contributed by atoms with Crippen LogP contribution in [0.4, 0.5) is 4.39 Å². The fourth-order valence-electron chi connectivity index (χ4n) is 1.76. The molecule has 0 aliphatic carbocycles. The van der Waals surface area contributed by atoms with E-state index in [1.54, 1.807) is 6.07 Å². The van der Waals surface area contributed by atoms with Crippen molar-refractivity contribution in [2.24, 2.45) is 0 Å².